The predicted octanol–water partition coefficient (Wildman–Crippen LogP) is 2.28. The topological polar surface area (TPSA) is 39.2 Å². The Kier molecular flexibility index (Phi) is 2.88. The smallest absolute Gasteiger partial charge is 0.309 e. The van der Waals surface area contributed by atoms with E-state index in [-0.39, 0.29) is 5.88 Å². The maximum atomic E-state index is 10.7. The van der Waals surface area contributed by atoms with Crippen molar-refractivity contribution in [2.24, 2.45) is 0 Å². The second-order valence-corrected chi connectivity index (χ2v) is 3.16. The van der Waals surface area contributed by atoms with E-state index in [1.54, 1.807) is 13.1 Å². The van der Waals surface area contributed by atoms with E-state index in [1.807, 2.05) is 6.92 Å². The molecule has 1 aromatic heterocycles. The van der Waals surface area contributed by atoms with Gasteiger partial charge in [0.25, 0.3) is 0 Å². The first-order valence-electron chi connectivity index (χ1n) is 3.82. The molecule has 0 amide bonds. The lowest BCUT2D eigenvalue weighted by Crippen LogP contribution is -2.05. The van der Waals surface area contributed by atoms with E-state index in [0.717, 1.165) is 5.56 Å². The minimum atomic E-state index is -0.393. The number of ether oxygens (including phenoxy) is 1. The van der Waals surface area contributed by atoms with Gasteiger partial charge in [0.15, 0.2) is 0 Å². The van der Waals surface area contributed by atoms with Gasteiger partial charge in [0.2, 0.25) is 5.88 Å². The molecule has 0 fully saturated rings. The molecule has 70 valence electrons. The second-order valence-electron chi connectivity index (χ2n) is 2.78. The Balaban J connectivity index is 3.10. The van der Waals surface area contributed by atoms with Gasteiger partial charge in [0.05, 0.1) is 5.02 Å². The average molecular weight is 200 g/mol. The molecule has 0 N–H and O–H groups in total. The van der Waals surface area contributed by atoms with E-state index in [0.29, 0.717) is 10.6 Å². The number of hydrogen-bond acceptors (Lipinski definition) is 3. The van der Waals surface area contributed by atoms with Crippen molar-refractivity contribution in [1.29, 1.82) is 0 Å². The van der Waals surface area contributed by atoms with Crippen LogP contribution in [-0.2, 0) is 4.79 Å². The van der Waals surface area contributed by atoms with Crippen LogP contribution < -0.4 is 4.74 Å². The number of carbonyl (C=O) groups is 1. The van der Waals surface area contributed by atoms with Crippen LogP contribution in [0.25, 0.3) is 0 Å². The largest absolute Gasteiger partial charge is 0.407 e. The molecular formula is C9H10ClNO2. The molecule has 13 heavy (non-hydrogen) atoms. The zero-order chi connectivity index (χ0) is 10.0. The van der Waals surface area contributed by atoms with Crippen molar-refractivity contribution in [3.05, 3.63) is 22.3 Å². The van der Waals surface area contributed by atoms with Gasteiger partial charge in [-0.2, -0.15) is 0 Å². The van der Waals surface area contributed by atoms with Crippen LogP contribution in [0.1, 0.15) is 18.1 Å². The fourth-order valence-corrected chi connectivity index (χ4v) is 1.07. The summed E-state index contributed by atoms with van der Waals surface area (Å²) in [4.78, 5) is 14.6. The highest BCUT2D eigenvalue weighted by Crippen LogP contribution is 2.25. The Bertz CT molecular complexity index is 350. The van der Waals surface area contributed by atoms with Gasteiger partial charge < -0.3 is 4.74 Å². The van der Waals surface area contributed by atoms with Crippen molar-refractivity contribution < 1.29 is 9.53 Å². The Morgan fingerprint density at radius 1 is 1.54 bits per heavy atom. The van der Waals surface area contributed by atoms with E-state index in [1.165, 1.54) is 6.92 Å². The highest BCUT2D eigenvalue weighted by molar-refractivity contribution is 6.32. The van der Waals surface area contributed by atoms with Gasteiger partial charge in [0, 0.05) is 18.7 Å². The molecule has 1 aromatic rings. The Hall–Kier alpha value is -1.09. The third-order valence-electron chi connectivity index (χ3n) is 1.61. The number of rotatable bonds is 1. The normalized spacial score (nSPS) is 9.85. The summed E-state index contributed by atoms with van der Waals surface area (Å²) in [5.41, 5.74) is 1.56. The molecular weight excluding hydrogens is 190 g/mol. The molecule has 0 saturated heterocycles. The third kappa shape index (κ3) is 2.18. The average Bonchev–Trinajstić information content (AvgIpc) is 2.06. The summed E-state index contributed by atoms with van der Waals surface area (Å²) in [6, 6.07) is 0. The molecule has 0 radical (unpaired) electrons. The van der Waals surface area contributed by atoms with Crippen LogP contribution in [0.2, 0.25) is 5.02 Å². The molecule has 4 heteroatoms. The monoisotopic (exact) mass is 199 g/mol. The summed E-state index contributed by atoms with van der Waals surface area (Å²) in [5.74, 6) is -0.112. The molecule has 0 aliphatic heterocycles. The third-order valence-corrected chi connectivity index (χ3v) is 2.19. The van der Waals surface area contributed by atoms with Crippen molar-refractivity contribution in [3.63, 3.8) is 0 Å². The maximum absolute atomic E-state index is 10.7. The minimum Gasteiger partial charge on any atom is -0.407 e. The molecule has 0 aromatic carbocycles. The number of pyridine rings is 1. The molecule has 0 spiro atoms. The lowest BCUT2D eigenvalue weighted by Gasteiger charge is -2.06. The number of halogens is 1. The van der Waals surface area contributed by atoms with E-state index < -0.39 is 5.97 Å². The molecule has 0 aliphatic carbocycles. The van der Waals surface area contributed by atoms with Crippen LogP contribution in [0.5, 0.6) is 5.88 Å². The highest BCUT2D eigenvalue weighted by Gasteiger charge is 2.09. The quantitative estimate of drug-likeness (QED) is 0.652. The summed E-state index contributed by atoms with van der Waals surface area (Å²) >= 11 is 5.93. The first-order chi connectivity index (χ1) is 6.02. The summed E-state index contributed by atoms with van der Waals surface area (Å²) in [6.45, 7) is 4.94. The van der Waals surface area contributed by atoms with Crippen molar-refractivity contribution in [2.75, 3.05) is 0 Å². The van der Waals surface area contributed by atoms with E-state index in [2.05, 4.69) is 4.98 Å². The fourth-order valence-electron chi connectivity index (χ4n) is 0.938. The van der Waals surface area contributed by atoms with Crippen LogP contribution in [0.4, 0.5) is 0 Å². The predicted molar refractivity (Wildman–Crippen MR) is 50.0 cm³/mol. The van der Waals surface area contributed by atoms with Crippen molar-refractivity contribution in [2.45, 2.75) is 20.8 Å². The number of nitrogens with zero attached hydrogens (tertiary/aromatic N) is 1. The number of aryl methyl sites for hydroxylation is 1. The van der Waals surface area contributed by atoms with Crippen molar-refractivity contribution >= 4 is 17.6 Å². The maximum Gasteiger partial charge on any atom is 0.309 e. The molecule has 3 nitrogen and oxygen atoms in total. The SMILES string of the molecule is CC(=O)Oc1ncc(C)c(Cl)c1C. The summed E-state index contributed by atoms with van der Waals surface area (Å²) in [7, 11) is 0. The zero-order valence-electron chi connectivity index (χ0n) is 7.72. The van der Waals surface area contributed by atoms with Crippen LogP contribution in [0, 0.1) is 13.8 Å². The van der Waals surface area contributed by atoms with Gasteiger partial charge in [0.1, 0.15) is 0 Å². The molecule has 0 atom stereocenters. The lowest BCUT2D eigenvalue weighted by molar-refractivity contribution is -0.132. The van der Waals surface area contributed by atoms with E-state index in [4.69, 9.17) is 16.3 Å². The molecule has 1 rings (SSSR count). The van der Waals surface area contributed by atoms with E-state index >= 15 is 0 Å². The molecule has 1 heterocycles. The fraction of sp³-hybridized carbons (Fsp3) is 0.333. The zero-order valence-corrected chi connectivity index (χ0v) is 8.47. The van der Waals surface area contributed by atoms with Crippen LogP contribution >= 0.6 is 11.6 Å². The van der Waals surface area contributed by atoms with Gasteiger partial charge in [-0.25, -0.2) is 4.98 Å². The Morgan fingerprint density at radius 2 is 2.15 bits per heavy atom. The summed E-state index contributed by atoms with van der Waals surface area (Å²) < 4.78 is 4.85. The van der Waals surface area contributed by atoms with Gasteiger partial charge in [-0.3, -0.25) is 4.79 Å². The molecule has 0 aliphatic rings. The van der Waals surface area contributed by atoms with Gasteiger partial charge in [-0.1, -0.05) is 11.6 Å². The second kappa shape index (κ2) is 3.75. The van der Waals surface area contributed by atoms with Crippen molar-refractivity contribution in [1.82, 2.24) is 4.98 Å². The van der Waals surface area contributed by atoms with E-state index in [9.17, 15) is 4.79 Å². The Labute approximate surface area is 81.7 Å². The number of aromatic nitrogens is 1. The molecule has 0 unspecified atom stereocenters. The van der Waals surface area contributed by atoms with Crippen molar-refractivity contribution in [3.8, 4) is 5.88 Å². The highest BCUT2D eigenvalue weighted by atomic mass is 35.5. The summed E-state index contributed by atoms with van der Waals surface area (Å²) in [6.07, 6.45) is 1.58. The van der Waals surface area contributed by atoms with Gasteiger partial charge in [-0.15, -0.1) is 0 Å². The van der Waals surface area contributed by atoms with Gasteiger partial charge >= 0.3 is 5.97 Å². The van der Waals surface area contributed by atoms with Gasteiger partial charge in [-0.05, 0) is 19.4 Å². The first-order valence-corrected chi connectivity index (χ1v) is 4.20. The number of carbonyl (C=O) groups excluding carboxylic acids is 1. The number of hydrogen-bond donors (Lipinski definition) is 0. The summed E-state index contributed by atoms with van der Waals surface area (Å²) in [5, 5.41) is 0.589. The van der Waals surface area contributed by atoms with Crippen LogP contribution in [0.3, 0.4) is 0 Å². The van der Waals surface area contributed by atoms with Crippen LogP contribution in [0.15, 0.2) is 6.20 Å². The first kappa shape index (κ1) is 9.99. The standard InChI is InChI=1S/C9H10ClNO2/c1-5-4-11-9(13-7(3)12)6(2)8(5)10/h4H,1-3H3. The molecule has 0 bridgehead atoms. The van der Waals surface area contributed by atoms with Crippen LogP contribution in [-0.4, -0.2) is 11.0 Å². The minimum absolute atomic E-state index is 0.281. The Morgan fingerprint density at radius 3 is 2.69 bits per heavy atom. The lowest BCUT2D eigenvalue weighted by atomic mass is 10.2. The molecule has 0 saturated carbocycles. The number of esters is 1.